The summed E-state index contributed by atoms with van der Waals surface area (Å²) in [6.45, 7) is 14.7. The molecule has 0 amide bonds. The van der Waals surface area contributed by atoms with Crippen molar-refractivity contribution in [2.45, 2.75) is 67.6 Å². The maximum atomic E-state index is 12.5. The van der Waals surface area contributed by atoms with Crippen LogP contribution in [0.15, 0.2) is 0 Å². The lowest BCUT2D eigenvalue weighted by Gasteiger charge is -2.20. The smallest absolute Gasteiger partial charge is 0.339 e. The Morgan fingerprint density at radius 2 is 0.909 bits per heavy atom. The molecule has 0 heterocycles. The van der Waals surface area contributed by atoms with Crippen LogP contribution < -0.4 is 0 Å². The summed E-state index contributed by atoms with van der Waals surface area (Å²) in [6, 6.07) is 0. The van der Waals surface area contributed by atoms with Crippen LogP contribution in [-0.4, -0.2) is 24.1 Å². The van der Waals surface area contributed by atoms with Gasteiger partial charge < -0.3 is 9.47 Å². The maximum Gasteiger partial charge on any atom is 0.339 e. The third-order valence-electron chi connectivity index (χ3n) is 3.78. The van der Waals surface area contributed by atoms with Crippen LogP contribution in [-0.2, 0) is 9.47 Å². The summed E-state index contributed by atoms with van der Waals surface area (Å²) in [5.74, 6) is -0.955. The standard InChI is InChI=1S/C18H26O4/c1-9(2)21-17(19)15-13(7)11(5)12(6)14(8)16(15)18(20)22-10(3)4/h9-10H,1-8H3. The number of rotatable bonds is 4. The van der Waals surface area contributed by atoms with Crippen molar-refractivity contribution < 1.29 is 19.1 Å². The second-order valence-electron chi connectivity index (χ2n) is 6.16. The lowest BCUT2D eigenvalue weighted by Crippen LogP contribution is -2.22. The van der Waals surface area contributed by atoms with Crippen molar-refractivity contribution in [2.24, 2.45) is 0 Å². The van der Waals surface area contributed by atoms with Gasteiger partial charge in [-0.05, 0) is 77.6 Å². The van der Waals surface area contributed by atoms with Gasteiger partial charge in [-0.3, -0.25) is 0 Å². The molecule has 4 nitrogen and oxygen atoms in total. The minimum atomic E-state index is -0.477. The molecular weight excluding hydrogens is 280 g/mol. The van der Waals surface area contributed by atoms with Gasteiger partial charge in [-0.1, -0.05) is 0 Å². The normalized spacial score (nSPS) is 11.0. The van der Waals surface area contributed by atoms with Crippen molar-refractivity contribution in [2.75, 3.05) is 0 Å². The molecule has 0 aromatic heterocycles. The highest BCUT2D eigenvalue weighted by atomic mass is 16.5. The van der Waals surface area contributed by atoms with Gasteiger partial charge in [0.1, 0.15) is 0 Å². The molecular formula is C18H26O4. The predicted octanol–water partition coefficient (Wildman–Crippen LogP) is 4.05. The minimum Gasteiger partial charge on any atom is -0.459 e. The van der Waals surface area contributed by atoms with Crippen LogP contribution in [0.5, 0.6) is 0 Å². The summed E-state index contributed by atoms with van der Waals surface area (Å²) in [7, 11) is 0. The Kier molecular flexibility index (Phi) is 5.75. The molecule has 0 N–H and O–H groups in total. The molecule has 0 aliphatic carbocycles. The summed E-state index contributed by atoms with van der Waals surface area (Å²) < 4.78 is 10.6. The Hall–Kier alpha value is -1.84. The number of benzene rings is 1. The topological polar surface area (TPSA) is 52.6 Å². The molecule has 0 unspecified atom stereocenters. The highest BCUT2D eigenvalue weighted by molar-refractivity contribution is 6.06. The van der Waals surface area contributed by atoms with E-state index in [9.17, 15) is 9.59 Å². The van der Waals surface area contributed by atoms with Crippen LogP contribution in [0.25, 0.3) is 0 Å². The first kappa shape index (κ1) is 18.2. The molecule has 0 radical (unpaired) electrons. The fourth-order valence-electron chi connectivity index (χ4n) is 2.37. The zero-order chi connectivity index (χ0) is 17.2. The molecule has 1 aromatic carbocycles. The van der Waals surface area contributed by atoms with Gasteiger partial charge in [0, 0.05) is 0 Å². The summed E-state index contributed by atoms with van der Waals surface area (Å²) in [6.07, 6.45) is -0.495. The quantitative estimate of drug-likeness (QED) is 0.787. The first-order chi connectivity index (χ1) is 10.1. The molecule has 4 heteroatoms. The minimum absolute atomic E-state index is 0.247. The predicted molar refractivity (Wildman–Crippen MR) is 86.5 cm³/mol. The van der Waals surface area contributed by atoms with Gasteiger partial charge in [0.15, 0.2) is 0 Å². The number of hydrogen-bond acceptors (Lipinski definition) is 4. The Balaban J connectivity index is 3.58. The average molecular weight is 306 g/mol. The van der Waals surface area contributed by atoms with E-state index in [1.807, 2.05) is 27.7 Å². The first-order valence-electron chi connectivity index (χ1n) is 7.60. The highest BCUT2D eigenvalue weighted by Gasteiger charge is 2.27. The van der Waals surface area contributed by atoms with E-state index in [4.69, 9.17) is 9.47 Å². The van der Waals surface area contributed by atoms with Crippen LogP contribution in [0, 0.1) is 27.7 Å². The van der Waals surface area contributed by atoms with E-state index in [1.165, 1.54) is 0 Å². The fourth-order valence-corrected chi connectivity index (χ4v) is 2.37. The van der Waals surface area contributed by atoms with Crippen LogP contribution in [0.2, 0.25) is 0 Å². The molecule has 0 bridgehead atoms. The molecule has 1 aromatic rings. The van der Waals surface area contributed by atoms with Gasteiger partial charge in [-0.2, -0.15) is 0 Å². The van der Waals surface area contributed by atoms with Gasteiger partial charge in [-0.25, -0.2) is 9.59 Å². The van der Waals surface area contributed by atoms with E-state index in [2.05, 4.69) is 0 Å². The molecule has 0 atom stereocenters. The van der Waals surface area contributed by atoms with Crippen molar-refractivity contribution >= 4 is 11.9 Å². The summed E-state index contributed by atoms with van der Waals surface area (Å²) in [5.41, 5.74) is 4.16. The summed E-state index contributed by atoms with van der Waals surface area (Å²) >= 11 is 0. The van der Waals surface area contributed by atoms with Gasteiger partial charge >= 0.3 is 11.9 Å². The number of esters is 2. The molecule has 0 saturated heterocycles. The molecule has 22 heavy (non-hydrogen) atoms. The zero-order valence-corrected chi connectivity index (χ0v) is 14.8. The Morgan fingerprint density at radius 1 is 0.636 bits per heavy atom. The van der Waals surface area contributed by atoms with Gasteiger partial charge in [0.05, 0.1) is 23.3 Å². The van der Waals surface area contributed by atoms with Gasteiger partial charge in [0.25, 0.3) is 0 Å². The second-order valence-corrected chi connectivity index (χ2v) is 6.16. The monoisotopic (exact) mass is 306 g/mol. The zero-order valence-electron chi connectivity index (χ0n) is 14.8. The molecule has 122 valence electrons. The third kappa shape index (κ3) is 3.67. The van der Waals surface area contributed by atoms with E-state index in [0.717, 1.165) is 22.3 Å². The third-order valence-corrected chi connectivity index (χ3v) is 3.78. The van der Waals surface area contributed by atoms with Crippen molar-refractivity contribution in [3.63, 3.8) is 0 Å². The lowest BCUT2D eigenvalue weighted by atomic mass is 9.89. The van der Waals surface area contributed by atoms with Crippen LogP contribution >= 0.6 is 0 Å². The fraction of sp³-hybridized carbons (Fsp3) is 0.556. The Morgan fingerprint density at radius 3 is 1.14 bits per heavy atom. The van der Waals surface area contributed by atoms with Gasteiger partial charge in [0.2, 0.25) is 0 Å². The van der Waals surface area contributed by atoms with Crippen molar-refractivity contribution in [1.29, 1.82) is 0 Å². The number of carbonyl (C=O) groups excluding carboxylic acids is 2. The largest absolute Gasteiger partial charge is 0.459 e. The highest BCUT2D eigenvalue weighted by Crippen LogP contribution is 2.28. The molecule has 1 rings (SSSR count). The maximum absolute atomic E-state index is 12.5. The van der Waals surface area contributed by atoms with E-state index in [1.54, 1.807) is 27.7 Å². The van der Waals surface area contributed by atoms with Gasteiger partial charge in [-0.15, -0.1) is 0 Å². The van der Waals surface area contributed by atoms with Crippen LogP contribution in [0.4, 0.5) is 0 Å². The number of hydrogen-bond donors (Lipinski definition) is 0. The molecule has 0 spiro atoms. The second kappa shape index (κ2) is 6.95. The van der Waals surface area contributed by atoms with Crippen molar-refractivity contribution in [3.8, 4) is 0 Å². The summed E-state index contributed by atoms with van der Waals surface area (Å²) in [5, 5.41) is 0. The van der Waals surface area contributed by atoms with E-state index in [-0.39, 0.29) is 12.2 Å². The molecule has 0 saturated carbocycles. The van der Waals surface area contributed by atoms with Crippen molar-refractivity contribution in [1.82, 2.24) is 0 Å². The Labute approximate surface area is 132 Å². The van der Waals surface area contributed by atoms with E-state index < -0.39 is 11.9 Å². The number of ether oxygens (including phenoxy) is 2. The Bertz CT molecular complexity index is 545. The van der Waals surface area contributed by atoms with Crippen LogP contribution in [0.3, 0.4) is 0 Å². The molecule has 0 fully saturated rings. The SMILES string of the molecule is Cc1c(C)c(C)c(C(=O)OC(C)C)c(C(=O)OC(C)C)c1C. The van der Waals surface area contributed by atoms with Crippen molar-refractivity contribution in [3.05, 3.63) is 33.4 Å². The lowest BCUT2D eigenvalue weighted by molar-refractivity contribution is 0.0326. The summed E-state index contributed by atoms with van der Waals surface area (Å²) in [4.78, 5) is 24.9. The molecule has 0 aliphatic heterocycles. The average Bonchev–Trinajstić information content (AvgIpc) is 2.38. The first-order valence-corrected chi connectivity index (χ1v) is 7.60. The van der Waals surface area contributed by atoms with Crippen LogP contribution in [0.1, 0.15) is 70.7 Å². The molecule has 0 aliphatic rings. The van der Waals surface area contributed by atoms with E-state index in [0.29, 0.717) is 11.1 Å². The number of carbonyl (C=O) groups is 2. The van der Waals surface area contributed by atoms with E-state index >= 15 is 0 Å².